The van der Waals surface area contributed by atoms with E-state index in [1.807, 2.05) is 0 Å². The Morgan fingerprint density at radius 3 is 2.78 bits per heavy atom. The standard InChI is InChI=1S/C15H17FN2O5/c1-3-7-17-12(9-14(19)23-4-2)15(20)10-5-6-11(16)13(8-10)18(21)22/h3,5-6,8,12,17H,1,4,7,9H2,2H3. The van der Waals surface area contributed by atoms with E-state index in [9.17, 15) is 24.1 Å². The zero-order valence-corrected chi connectivity index (χ0v) is 12.6. The fraction of sp³-hybridized carbons (Fsp3) is 0.333. The lowest BCUT2D eigenvalue weighted by Gasteiger charge is -2.16. The van der Waals surface area contributed by atoms with Gasteiger partial charge in [0.15, 0.2) is 5.78 Å². The molecule has 0 spiro atoms. The highest BCUT2D eigenvalue weighted by molar-refractivity contribution is 6.02. The van der Waals surface area contributed by atoms with Crippen molar-refractivity contribution in [3.63, 3.8) is 0 Å². The minimum absolute atomic E-state index is 0.0658. The number of benzene rings is 1. The normalized spacial score (nSPS) is 11.6. The zero-order chi connectivity index (χ0) is 17.4. The lowest BCUT2D eigenvalue weighted by molar-refractivity contribution is -0.387. The van der Waals surface area contributed by atoms with Gasteiger partial charge in [-0.2, -0.15) is 4.39 Å². The number of ether oxygens (including phenoxy) is 1. The van der Waals surface area contributed by atoms with E-state index >= 15 is 0 Å². The number of hydrogen-bond donors (Lipinski definition) is 1. The van der Waals surface area contributed by atoms with Crippen molar-refractivity contribution in [1.29, 1.82) is 0 Å². The summed E-state index contributed by atoms with van der Waals surface area (Å²) in [7, 11) is 0. The largest absolute Gasteiger partial charge is 0.466 e. The number of nitrogens with zero attached hydrogens (tertiary/aromatic N) is 1. The maximum atomic E-state index is 13.3. The van der Waals surface area contributed by atoms with E-state index in [-0.39, 0.29) is 25.1 Å². The third-order valence-corrected chi connectivity index (χ3v) is 2.93. The lowest BCUT2D eigenvalue weighted by Crippen LogP contribution is -2.39. The van der Waals surface area contributed by atoms with Crippen LogP contribution >= 0.6 is 0 Å². The summed E-state index contributed by atoms with van der Waals surface area (Å²) in [6.07, 6.45) is 1.25. The predicted octanol–water partition coefficient (Wildman–Crippen LogP) is 2.01. The van der Waals surface area contributed by atoms with Crippen molar-refractivity contribution >= 4 is 17.4 Å². The minimum Gasteiger partial charge on any atom is -0.466 e. The average Bonchev–Trinajstić information content (AvgIpc) is 2.51. The molecule has 1 atom stereocenters. The number of nitro groups is 1. The average molecular weight is 324 g/mol. The number of carbonyl (C=O) groups excluding carboxylic acids is 2. The van der Waals surface area contributed by atoms with Gasteiger partial charge in [0.25, 0.3) is 0 Å². The van der Waals surface area contributed by atoms with Crippen LogP contribution in [-0.2, 0) is 9.53 Å². The quantitative estimate of drug-likeness (QED) is 0.245. The molecule has 1 aromatic rings. The molecule has 0 aromatic heterocycles. The first-order valence-corrected chi connectivity index (χ1v) is 6.88. The highest BCUT2D eigenvalue weighted by Crippen LogP contribution is 2.20. The van der Waals surface area contributed by atoms with Crippen LogP contribution in [0.4, 0.5) is 10.1 Å². The van der Waals surface area contributed by atoms with E-state index in [1.54, 1.807) is 6.92 Å². The lowest BCUT2D eigenvalue weighted by atomic mass is 10.0. The second-order valence-electron chi connectivity index (χ2n) is 4.55. The number of ketones is 1. The van der Waals surface area contributed by atoms with Crippen LogP contribution in [0.3, 0.4) is 0 Å². The topological polar surface area (TPSA) is 98.5 Å². The molecule has 0 heterocycles. The van der Waals surface area contributed by atoms with Crippen LogP contribution in [0.1, 0.15) is 23.7 Å². The summed E-state index contributed by atoms with van der Waals surface area (Å²) in [5.41, 5.74) is -0.863. The van der Waals surface area contributed by atoms with Crippen LogP contribution in [-0.4, -0.2) is 35.9 Å². The number of esters is 1. The molecular weight excluding hydrogens is 307 g/mol. The van der Waals surface area contributed by atoms with E-state index in [0.29, 0.717) is 0 Å². The number of halogens is 1. The molecule has 7 nitrogen and oxygen atoms in total. The fourth-order valence-corrected chi connectivity index (χ4v) is 1.88. The Hall–Kier alpha value is -2.61. The number of nitro benzene ring substituents is 1. The molecule has 0 aliphatic heterocycles. The van der Waals surface area contributed by atoms with Crippen LogP contribution in [0.25, 0.3) is 0 Å². The summed E-state index contributed by atoms with van der Waals surface area (Å²) in [5, 5.41) is 13.5. The fourth-order valence-electron chi connectivity index (χ4n) is 1.88. The first kappa shape index (κ1) is 18.4. The van der Waals surface area contributed by atoms with E-state index < -0.39 is 34.2 Å². The van der Waals surface area contributed by atoms with Crippen molar-refractivity contribution < 1.29 is 23.6 Å². The van der Waals surface area contributed by atoms with Crippen molar-refractivity contribution in [1.82, 2.24) is 5.32 Å². The Balaban J connectivity index is 3.03. The van der Waals surface area contributed by atoms with Gasteiger partial charge in [-0.05, 0) is 19.1 Å². The third kappa shape index (κ3) is 5.26. The molecule has 23 heavy (non-hydrogen) atoms. The summed E-state index contributed by atoms with van der Waals surface area (Å²) >= 11 is 0. The first-order chi connectivity index (χ1) is 10.9. The number of nitrogens with one attached hydrogen (secondary N) is 1. The molecule has 1 unspecified atom stereocenters. The molecule has 1 rings (SSSR count). The maximum absolute atomic E-state index is 13.3. The van der Waals surface area contributed by atoms with Gasteiger partial charge < -0.3 is 10.1 Å². The number of Topliss-reactive ketones (excluding diaryl/α,β-unsaturated/α-hetero) is 1. The summed E-state index contributed by atoms with van der Waals surface area (Å²) in [6.45, 7) is 5.55. The van der Waals surface area contributed by atoms with Crippen LogP contribution < -0.4 is 5.32 Å². The Bertz CT molecular complexity index is 618. The Morgan fingerprint density at radius 2 is 2.22 bits per heavy atom. The van der Waals surface area contributed by atoms with Gasteiger partial charge >= 0.3 is 11.7 Å². The molecule has 1 aromatic carbocycles. The summed E-state index contributed by atoms with van der Waals surface area (Å²) in [4.78, 5) is 33.8. The monoisotopic (exact) mass is 324 g/mol. The molecule has 0 amide bonds. The first-order valence-electron chi connectivity index (χ1n) is 6.88. The van der Waals surface area contributed by atoms with Crippen LogP contribution in [0.15, 0.2) is 30.9 Å². The van der Waals surface area contributed by atoms with E-state index in [2.05, 4.69) is 11.9 Å². The molecule has 0 fully saturated rings. The summed E-state index contributed by atoms with van der Waals surface area (Å²) in [5.74, 6) is -2.19. The third-order valence-electron chi connectivity index (χ3n) is 2.93. The molecule has 0 radical (unpaired) electrons. The molecule has 1 N–H and O–H groups in total. The smallest absolute Gasteiger partial charge is 0.307 e. The van der Waals surface area contributed by atoms with Gasteiger partial charge in [-0.1, -0.05) is 6.08 Å². The Morgan fingerprint density at radius 1 is 1.52 bits per heavy atom. The minimum atomic E-state index is -1.03. The highest BCUT2D eigenvalue weighted by Gasteiger charge is 2.25. The van der Waals surface area contributed by atoms with E-state index in [0.717, 1.165) is 18.2 Å². The molecule has 0 saturated heterocycles. The Kier molecular flexibility index (Phi) is 7.01. The van der Waals surface area contributed by atoms with Crippen molar-refractivity contribution in [3.8, 4) is 0 Å². The molecule has 124 valence electrons. The molecule has 0 saturated carbocycles. The number of hydrogen-bond acceptors (Lipinski definition) is 6. The van der Waals surface area contributed by atoms with Gasteiger partial charge in [0.1, 0.15) is 0 Å². The van der Waals surface area contributed by atoms with Crippen molar-refractivity contribution in [2.45, 2.75) is 19.4 Å². The van der Waals surface area contributed by atoms with Crippen LogP contribution in [0.2, 0.25) is 0 Å². The van der Waals surface area contributed by atoms with Crippen LogP contribution in [0.5, 0.6) is 0 Å². The van der Waals surface area contributed by atoms with Gasteiger partial charge in [-0.3, -0.25) is 19.7 Å². The zero-order valence-electron chi connectivity index (χ0n) is 12.6. The molecule has 8 heteroatoms. The van der Waals surface area contributed by atoms with Gasteiger partial charge in [0.05, 0.1) is 24.0 Å². The van der Waals surface area contributed by atoms with Crippen molar-refractivity contribution in [2.24, 2.45) is 0 Å². The number of carbonyl (C=O) groups is 2. The maximum Gasteiger partial charge on any atom is 0.307 e. The SMILES string of the molecule is C=CCNC(CC(=O)OCC)C(=O)c1ccc(F)c([N+](=O)[O-])c1. The molecule has 0 aliphatic carbocycles. The summed E-state index contributed by atoms with van der Waals surface area (Å²) in [6, 6.07) is 1.89. The second-order valence-corrected chi connectivity index (χ2v) is 4.55. The van der Waals surface area contributed by atoms with E-state index in [1.165, 1.54) is 6.08 Å². The molecule has 0 aliphatic rings. The second kappa shape index (κ2) is 8.74. The van der Waals surface area contributed by atoms with E-state index in [4.69, 9.17) is 4.74 Å². The van der Waals surface area contributed by atoms with Gasteiger partial charge in [0, 0.05) is 18.2 Å². The highest BCUT2D eigenvalue weighted by atomic mass is 19.1. The predicted molar refractivity (Wildman–Crippen MR) is 80.6 cm³/mol. The van der Waals surface area contributed by atoms with Gasteiger partial charge in [-0.15, -0.1) is 6.58 Å². The van der Waals surface area contributed by atoms with Gasteiger partial charge in [-0.25, -0.2) is 0 Å². The van der Waals surface area contributed by atoms with Crippen molar-refractivity contribution in [2.75, 3.05) is 13.2 Å². The number of rotatable bonds is 9. The van der Waals surface area contributed by atoms with Gasteiger partial charge in [0.2, 0.25) is 5.82 Å². The molecular formula is C15H17FN2O5. The van der Waals surface area contributed by atoms with Crippen LogP contribution in [0, 0.1) is 15.9 Å². The summed E-state index contributed by atoms with van der Waals surface area (Å²) < 4.78 is 18.1. The molecule has 0 bridgehead atoms. The Labute approximate surface area is 132 Å². The van der Waals surface area contributed by atoms with Crippen molar-refractivity contribution in [3.05, 3.63) is 52.3 Å².